The van der Waals surface area contributed by atoms with Crippen LogP contribution in [-0.2, 0) is 4.79 Å². The molecule has 0 bridgehead atoms. The Morgan fingerprint density at radius 1 is 1.46 bits per heavy atom. The Morgan fingerprint density at radius 2 is 2.15 bits per heavy atom. The van der Waals surface area contributed by atoms with Gasteiger partial charge in [0.2, 0.25) is 5.91 Å². The molecule has 0 aromatic heterocycles. The maximum Gasteiger partial charge on any atom is 0.240 e. The summed E-state index contributed by atoms with van der Waals surface area (Å²) < 4.78 is 0. The Labute approximate surface area is 80.5 Å². The summed E-state index contributed by atoms with van der Waals surface area (Å²) in [5, 5.41) is 3.29. The predicted octanol–water partition coefficient (Wildman–Crippen LogP) is 1.34. The Morgan fingerprint density at radius 3 is 2.69 bits per heavy atom. The zero-order chi connectivity index (χ0) is 9.84. The van der Waals surface area contributed by atoms with E-state index in [0.29, 0.717) is 0 Å². The van der Waals surface area contributed by atoms with Crippen LogP contribution in [0.25, 0.3) is 0 Å². The van der Waals surface area contributed by atoms with Gasteiger partial charge in [0.05, 0.1) is 12.2 Å². The smallest absolute Gasteiger partial charge is 0.240 e. The number of hydrogen-bond acceptors (Lipinski definition) is 2. The number of rotatable bonds is 4. The summed E-state index contributed by atoms with van der Waals surface area (Å²) in [7, 11) is 0. The maximum absolute atomic E-state index is 11.6. The largest absolute Gasteiger partial charge is 0.326 e. The van der Waals surface area contributed by atoms with Crippen LogP contribution in [0.5, 0.6) is 0 Å². The molecule has 0 aromatic carbocycles. The topological polar surface area (TPSA) is 32.3 Å². The van der Waals surface area contributed by atoms with Crippen molar-refractivity contribution in [1.82, 2.24) is 10.2 Å². The summed E-state index contributed by atoms with van der Waals surface area (Å²) >= 11 is 0. The van der Waals surface area contributed by atoms with E-state index < -0.39 is 0 Å². The Bertz CT molecular complexity index is 182. The first-order valence-corrected chi connectivity index (χ1v) is 5.27. The summed E-state index contributed by atoms with van der Waals surface area (Å²) in [6.45, 7) is 7.11. The molecule has 76 valence electrons. The molecule has 0 spiro atoms. The highest BCUT2D eigenvalue weighted by atomic mass is 16.2. The fourth-order valence-electron chi connectivity index (χ4n) is 1.78. The number of nitrogens with one attached hydrogen (secondary N) is 1. The minimum absolute atomic E-state index is 0.0156. The van der Waals surface area contributed by atoms with E-state index in [2.05, 4.69) is 19.2 Å². The minimum Gasteiger partial charge on any atom is -0.326 e. The van der Waals surface area contributed by atoms with Crippen molar-refractivity contribution >= 4 is 5.91 Å². The van der Waals surface area contributed by atoms with Crippen LogP contribution in [0.15, 0.2) is 0 Å². The number of carbonyl (C=O) groups is 1. The molecule has 13 heavy (non-hydrogen) atoms. The second-order valence-electron chi connectivity index (χ2n) is 3.70. The van der Waals surface area contributed by atoms with E-state index in [1.165, 1.54) is 0 Å². The lowest BCUT2D eigenvalue weighted by molar-refractivity contribution is -0.129. The fourth-order valence-corrected chi connectivity index (χ4v) is 1.78. The maximum atomic E-state index is 11.6. The van der Waals surface area contributed by atoms with Crippen molar-refractivity contribution in [2.75, 3.05) is 6.54 Å². The lowest BCUT2D eigenvalue weighted by Crippen LogP contribution is -2.37. The van der Waals surface area contributed by atoms with E-state index in [9.17, 15) is 4.79 Å². The SMILES string of the molecule is CCCCN1C(=O)C(C)NC1CC. The number of nitrogens with zero attached hydrogens (tertiary/aromatic N) is 1. The van der Waals surface area contributed by atoms with E-state index in [1.54, 1.807) is 0 Å². The summed E-state index contributed by atoms with van der Waals surface area (Å²) in [5.74, 6) is 0.264. The molecule has 1 saturated heterocycles. The van der Waals surface area contributed by atoms with Crippen LogP contribution in [0.1, 0.15) is 40.0 Å². The van der Waals surface area contributed by atoms with Crippen LogP contribution in [0.4, 0.5) is 0 Å². The van der Waals surface area contributed by atoms with Gasteiger partial charge in [-0.25, -0.2) is 0 Å². The molecule has 1 N–H and O–H groups in total. The van der Waals surface area contributed by atoms with Crippen LogP contribution < -0.4 is 5.32 Å². The summed E-state index contributed by atoms with van der Waals surface area (Å²) in [5.41, 5.74) is 0. The molecule has 1 fully saturated rings. The average molecular weight is 184 g/mol. The molecule has 1 heterocycles. The minimum atomic E-state index is 0.0156. The first kappa shape index (κ1) is 10.5. The van der Waals surface area contributed by atoms with E-state index in [1.807, 2.05) is 11.8 Å². The molecule has 3 nitrogen and oxygen atoms in total. The monoisotopic (exact) mass is 184 g/mol. The zero-order valence-corrected chi connectivity index (χ0v) is 8.84. The van der Waals surface area contributed by atoms with Gasteiger partial charge < -0.3 is 4.90 Å². The quantitative estimate of drug-likeness (QED) is 0.715. The van der Waals surface area contributed by atoms with Crippen molar-refractivity contribution in [1.29, 1.82) is 0 Å². The van der Waals surface area contributed by atoms with Crippen molar-refractivity contribution in [3.63, 3.8) is 0 Å². The molecule has 0 aliphatic carbocycles. The Kier molecular flexibility index (Phi) is 3.72. The molecule has 0 aromatic rings. The number of amides is 1. The molecule has 1 aliphatic rings. The highest BCUT2D eigenvalue weighted by molar-refractivity contribution is 5.83. The van der Waals surface area contributed by atoms with Gasteiger partial charge in [-0.05, 0) is 19.8 Å². The molecular formula is C10H20N2O. The van der Waals surface area contributed by atoms with Crippen molar-refractivity contribution in [2.45, 2.75) is 52.2 Å². The molecule has 3 heteroatoms. The van der Waals surface area contributed by atoms with Gasteiger partial charge in [0.15, 0.2) is 0 Å². The third kappa shape index (κ3) is 2.21. The van der Waals surface area contributed by atoms with Crippen molar-refractivity contribution in [3.05, 3.63) is 0 Å². The van der Waals surface area contributed by atoms with Crippen LogP contribution in [-0.4, -0.2) is 29.6 Å². The molecule has 2 unspecified atom stereocenters. The third-order valence-electron chi connectivity index (χ3n) is 2.61. The first-order valence-electron chi connectivity index (χ1n) is 5.27. The molecule has 1 aliphatic heterocycles. The van der Waals surface area contributed by atoms with Gasteiger partial charge in [-0.3, -0.25) is 10.1 Å². The predicted molar refractivity (Wildman–Crippen MR) is 53.3 cm³/mol. The Balaban J connectivity index is 2.52. The highest BCUT2D eigenvalue weighted by Crippen LogP contribution is 2.13. The van der Waals surface area contributed by atoms with E-state index >= 15 is 0 Å². The van der Waals surface area contributed by atoms with E-state index in [4.69, 9.17) is 0 Å². The van der Waals surface area contributed by atoms with Gasteiger partial charge in [0.25, 0.3) is 0 Å². The second kappa shape index (κ2) is 4.61. The van der Waals surface area contributed by atoms with Crippen LogP contribution in [0.3, 0.4) is 0 Å². The number of hydrogen-bond donors (Lipinski definition) is 1. The summed E-state index contributed by atoms with van der Waals surface area (Å²) in [4.78, 5) is 13.6. The van der Waals surface area contributed by atoms with Crippen molar-refractivity contribution in [2.24, 2.45) is 0 Å². The lowest BCUT2D eigenvalue weighted by Gasteiger charge is -2.22. The van der Waals surface area contributed by atoms with Crippen LogP contribution in [0, 0.1) is 0 Å². The van der Waals surface area contributed by atoms with Crippen molar-refractivity contribution < 1.29 is 4.79 Å². The highest BCUT2D eigenvalue weighted by Gasteiger charge is 2.34. The molecule has 0 saturated carbocycles. The van der Waals surface area contributed by atoms with Crippen LogP contribution in [0.2, 0.25) is 0 Å². The number of carbonyl (C=O) groups excluding carboxylic acids is 1. The van der Waals surface area contributed by atoms with E-state index in [-0.39, 0.29) is 18.1 Å². The normalized spacial score (nSPS) is 28.5. The zero-order valence-electron chi connectivity index (χ0n) is 8.84. The molecule has 1 rings (SSSR count). The van der Waals surface area contributed by atoms with Gasteiger partial charge in [-0.1, -0.05) is 20.3 Å². The fraction of sp³-hybridized carbons (Fsp3) is 0.900. The molecule has 0 radical (unpaired) electrons. The third-order valence-corrected chi connectivity index (χ3v) is 2.61. The van der Waals surface area contributed by atoms with Crippen LogP contribution >= 0.6 is 0 Å². The summed E-state index contributed by atoms with van der Waals surface area (Å²) in [6, 6.07) is 0.0156. The van der Waals surface area contributed by atoms with Gasteiger partial charge in [0.1, 0.15) is 0 Å². The van der Waals surface area contributed by atoms with Gasteiger partial charge in [-0.15, -0.1) is 0 Å². The van der Waals surface area contributed by atoms with Gasteiger partial charge in [-0.2, -0.15) is 0 Å². The van der Waals surface area contributed by atoms with Gasteiger partial charge >= 0.3 is 0 Å². The Hall–Kier alpha value is -0.570. The van der Waals surface area contributed by atoms with E-state index in [0.717, 1.165) is 25.8 Å². The molecule has 1 amide bonds. The molecular weight excluding hydrogens is 164 g/mol. The lowest BCUT2D eigenvalue weighted by atomic mass is 10.3. The van der Waals surface area contributed by atoms with Crippen molar-refractivity contribution in [3.8, 4) is 0 Å². The molecule has 2 atom stereocenters. The number of unbranched alkanes of at least 4 members (excludes halogenated alkanes) is 1. The average Bonchev–Trinajstić information content (AvgIpc) is 2.40. The van der Waals surface area contributed by atoms with Gasteiger partial charge in [0, 0.05) is 6.54 Å². The second-order valence-corrected chi connectivity index (χ2v) is 3.70. The first-order chi connectivity index (χ1) is 6.20. The summed E-state index contributed by atoms with van der Waals surface area (Å²) in [6.07, 6.45) is 3.53. The standard InChI is InChI=1S/C10H20N2O/c1-4-6-7-12-9(5-2)11-8(3)10(12)13/h8-9,11H,4-7H2,1-3H3.